The number of hydrogen-bond donors (Lipinski definition) is 0. The zero-order valence-electron chi connectivity index (χ0n) is 8.56. The van der Waals surface area contributed by atoms with Crippen molar-refractivity contribution in [2.24, 2.45) is 4.99 Å². The molecular formula is C12H7BrClNO2. The van der Waals surface area contributed by atoms with Gasteiger partial charge >= 0.3 is 0 Å². The lowest BCUT2D eigenvalue weighted by molar-refractivity contribution is 0.112. The second kappa shape index (κ2) is 5.29. The van der Waals surface area contributed by atoms with Gasteiger partial charge in [-0.15, -0.1) is 0 Å². The lowest BCUT2D eigenvalue weighted by Gasteiger charge is -1.95. The zero-order valence-corrected chi connectivity index (χ0v) is 10.9. The molecule has 0 aliphatic rings. The van der Waals surface area contributed by atoms with Crippen molar-refractivity contribution in [3.05, 3.63) is 57.2 Å². The van der Waals surface area contributed by atoms with Crippen molar-refractivity contribution in [1.29, 1.82) is 0 Å². The van der Waals surface area contributed by atoms with Gasteiger partial charge in [0.1, 0.15) is 6.26 Å². The Morgan fingerprint density at radius 2 is 2.00 bits per heavy atom. The summed E-state index contributed by atoms with van der Waals surface area (Å²) in [6, 6.07) is 8.93. The maximum Gasteiger partial charge on any atom is 0.220 e. The van der Waals surface area contributed by atoms with Gasteiger partial charge in [-0.1, -0.05) is 27.5 Å². The first-order valence-electron chi connectivity index (χ1n) is 4.73. The van der Waals surface area contributed by atoms with E-state index in [1.807, 2.05) is 24.3 Å². The molecule has 17 heavy (non-hydrogen) atoms. The van der Waals surface area contributed by atoms with Crippen molar-refractivity contribution < 1.29 is 9.21 Å². The summed E-state index contributed by atoms with van der Waals surface area (Å²) >= 11 is 9.20. The Hall–Kier alpha value is -1.39. The number of nitrogens with zero attached hydrogens (tertiary/aromatic N) is 1. The van der Waals surface area contributed by atoms with Crippen molar-refractivity contribution >= 4 is 39.5 Å². The molecule has 2 aromatic rings. The third-order valence-electron chi connectivity index (χ3n) is 2.03. The number of hydrogen-bond acceptors (Lipinski definition) is 3. The number of halogens is 2. The van der Waals surface area contributed by atoms with Gasteiger partial charge in [-0.25, -0.2) is 4.99 Å². The van der Waals surface area contributed by atoms with Crippen molar-refractivity contribution in [2.75, 3.05) is 0 Å². The second-order valence-corrected chi connectivity index (χ2v) is 4.55. The first kappa shape index (κ1) is 12.1. The predicted octanol–water partition coefficient (Wildman–Crippen LogP) is 3.74. The molecule has 5 heteroatoms. The van der Waals surface area contributed by atoms with Crippen LogP contribution in [-0.4, -0.2) is 6.29 Å². The number of aldehydes is 1. The average molecular weight is 313 g/mol. The highest BCUT2D eigenvalue weighted by atomic mass is 79.9. The minimum atomic E-state index is 0.307. The summed E-state index contributed by atoms with van der Waals surface area (Å²) in [6.45, 7) is 0. The van der Waals surface area contributed by atoms with Crippen LogP contribution in [0.4, 0.5) is 5.69 Å². The van der Waals surface area contributed by atoms with Gasteiger partial charge in [0, 0.05) is 10.5 Å². The first-order valence-corrected chi connectivity index (χ1v) is 5.90. The van der Waals surface area contributed by atoms with Crippen LogP contribution in [0.5, 0.6) is 0 Å². The van der Waals surface area contributed by atoms with Crippen molar-refractivity contribution in [3.8, 4) is 0 Å². The molecule has 0 saturated carbocycles. The van der Waals surface area contributed by atoms with E-state index in [0.717, 1.165) is 10.2 Å². The SMILES string of the molecule is O=Cc1coc(=Nc2ccc(Br)cc2)cc1Cl. The van der Waals surface area contributed by atoms with E-state index >= 15 is 0 Å². The average Bonchev–Trinajstić information content (AvgIpc) is 2.32. The molecule has 3 nitrogen and oxygen atoms in total. The van der Waals surface area contributed by atoms with Crippen molar-refractivity contribution in [2.45, 2.75) is 0 Å². The van der Waals surface area contributed by atoms with E-state index in [-0.39, 0.29) is 0 Å². The molecule has 1 aromatic carbocycles. The van der Waals surface area contributed by atoms with E-state index in [0.29, 0.717) is 22.4 Å². The molecule has 0 bridgehead atoms. The fourth-order valence-corrected chi connectivity index (χ4v) is 1.64. The van der Waals surface area contributed by atoms with Crippen LogP contribution in [0.1, 0.15) is 10.4 Å². The van der Waals surface area contributed by atoms with E-state index in [2.05, 4.69) is 20.9 Å². The van der Waals surface area contributed by atoms with Crippen LogP contribution < -0.4 is 5.55 Å². The fourth-order valence-electron chi connectivity index (χ4n) is 1.19. The summed E-state index contributed by atoms with van der Waals surface area (Å²) in [5, 5.41) is 0.321. The highest BCUT2D eigenvalue weighted by Gasteiger charge is 1.99. The smallest absolute Gasteiger partial charge is 0.220 e. The van der Waals surface area contributed by atoms with Gasteiger partial charge in [0.25, 0.3) is 0 Å². The first-order chi connectivity index (χ1) is 8.19. The van der Waals surface area contributed by atoms with Crippen LogP contribution in [-0.2, 0) is 0 Å². The molecule has 86 valence electrons. The molecule has 2 rings (SSSR count). The molecule has 1 aromatic heterocycles. The third-order valence-corrected chi connectivity index (χ3v) is 2.88. The monoisotopic (exact) mass is 311 g/mol. The molecule has 0 spiro atoms. The van der Waals surface area contributed by atoms with Crippen LogP contribution >= 0.6 is 27.5 Å². The van der Waals surface area contributed by atoms with Gasteiger partial charge in [0.2, 0.25) is 5.55 Å². The molecule has 0 amide bonds. The summed E-state index contributed by atoms with van der Waals surface area (Å²) in [5.41, 5.74) is 1.40. The Kier molecular flexibility index (Phi) is 3.76. The molecule has 0 aliphatic carbocycles. The number of carbonyl (C=O) groups is 1. The van der Waals surface area contributed by atoms with Gasteiger partial charge in [-0.3, -0.25) is 4.79 Å². The molecular weight excluding hydrogens is 305 g/mol. The standard InChI is InChI=1S/C12H7BrClNO2/c13-9-1-3-10(4-2-9)15-12-5-11(14)8(6-16)7-17-12/h1-7H. The van der Waals surface area contributed by atoms with E-state index in [9.17, 15) is 4.79 Å². The molecule has 0 unspecified atom stereocenters. The molecule has 0 N–H and O–H groups in total. The molecule has 0 aliphatic heterocycles. The Labute approximate surface area is 111 Å². The lowest BCUT2D eigenvalue weighted by Crippen LogP contribution is -2.00. The summed E-state index contributed by atoms with van der Waals surface area (Å²) in [7, 11) is 0. The normalized spacial score (nSPS) is 11.5. The van der Waals surface area contributed by atoms with Crippen LogP contribution in [0.2, 0.25) is 5.02 Å². The third kappa shape index (κ3) is 3.05. The lowest BCUT2D eigenvalue weighted by atomic mass is 10.3. The van der Waals surface area contributed by atoms with E-state index in [4.69, 9.17) is 16.0 Å². The molecule has 0 saturated heterocycles. The van der Waals surface area contributed by atoms with Crippen LogP contribution in [0.25, 0.3) is 0 Å². The Morgan fingerprint density at radius 1 is 1.29 bits per heavy atom. The summed E-state index contributed by atoms with van der Waals surface area (Å²) in [6.07, 6.45) is 1.92. The minimum Gasteiger partial charge on any atom is -0.446 e. The van der Waals surface area contributed by atoms with E-state index < -0.39 is 0 Å². The summed E-state index contributed by atoms with van der Waals surface area (Å²) < 4.78 is 6.14. The highest BCUT2D eigenvalue weighted by molar-refractivity contribution is 9.10. The maximum atomic E-state index is 10.6. The number of carbonyl (C=O) groups excluding carboxylic acids is 1. The van der Waals surface area contributed by atoms with Gasteiger partial charge in [0.15, 0.2) is 6.29 Å². The number of benzene rings is 1. The molecule has 0 fully saturated rings. The van der Waals surface area contributed by atoms with Crippen molar-refractivity contribution in [3.63, 3.8) is 0 Å². The van der Waals surface area contributed by atoms with Gasteiger partial charge in [0.05, 0.1) is 16.3 Å². The van der Waals surface area contributed by atoms with Gasteiger partial charge in [-0.05, 0) is 24.3 Å². The molecule has 0 radical (unpaired) electrons. The Bertz CT molecular complexity index is 605. The van der Waals surface area contributed by atoms with E-state index in [1.54, 1.807) is 0 Å². The second-order valence-electron chi connectivity index (χ2n) is 3.23. The quantitative estimate of drug-likeness (QED) is 0.793. The van der Waals surface area contributed by atoms with Crippen molar-refractivity contribution in [1.82, 2.24) is 0 Å². The summed E-state index contributed by atoms with van der Waals surface area (Å²) in [5.74, 6) is 0. The molecule has 0 atom stereocenters. The highest BCUT2D eigenvalue weighted by Crippen LogP contribution is 2.16. The largest absolute Gasteiger partial charge is 0.446 e. The predicted molar refractivity (Wildman–Crippen MR) is 68.5 cm³/mol. The Morgan fingerprint density at radius 3 is 2.59 bits per heavy atom. The topological polar surface area (TPSA) is 42.6 Å². The zero-order chi connectivity index (χ0) is 12.3. The van der Waals surface area contributed by atoms with Crippen LogP contribution in [0.15, 0.2) is 50.5 Å². The van der Waals surface area contributed by atoms with E-state index in [1.165, 1.54) is 12.3 Å². The van der Waals surface area contributed by atoms with Crippen LogP contribution in [0.3, 0.4) is 0 Å². The Balaban J connectivity index is 2.43. The van der Waals surface area contributed by atoms with Gasteiger partial charge < -0.3 is 4.42 Å². The minimum absolute atomic E-state index is 0.307. The number of rotatable bonds is 2. The molecule has 1 heterocycles. The summed E-state index contributed by atoms with van der Waals surface area (Å²) in [4.78, 5) is 14.8. The maximum absolute atomic E-state index is 10.6. The van der Waals surface area contributed by atoms with Crippen LogP contribution in [0, 0.1) is 0 Å². The van der Waals surface area contributed by atoms with Gasteiger partial charge in [-0.2, -0.15) is 0 Å². The fraction of sp³-hybridized carbons (Fsp3) is 0.